The normalized spacial score (nSPS) is 20.4. The number of benzene rings is 1. The van der Waals surface area contributed by atoms with Gasteiger partial charge in [0.15, 0.2) is 0 Å². The summed E-state index contributed by atoms with van der Waals surface area (Å²) in [5.74, 6) is -1.10. The third-order valence-electron chi connectivity index (χ3n) is 9.05. The lowest BCUT2D eigenvalue weighted by Gasteiger charge is -2.36. The van der Waals surface area contributed by atoms with Gasteiger partial charge in [0.25, 0.3) is 5.91 Å². The average molecular weight is 693 g/mol. The summed E-state index contributed by atoms with van der Waals surface area (Å²) in [5.41, 5.74) is -1.28. The molecule has 1 aliphatic heterocycles. The van der Waals surface area contributed by atoms with Crippen molar-refractivity contribution in [3.63, 3.8) is 0 Å². The molecule has 2 aliphatic carbocycles. The van der Waals surface area contributed by atoms with Gasteiger partial charge in [0, 0.05) is 29.6 Å². The Hall–Kier alpha value is -4.42. The summed E-state index contributed by atoms with van der Waals surface area (Å²) in [6.45, 7) is 13.5. The molecule has 2 aromatic rings. The van der Waals surface area contributed by atoms with E-state index in [0.29, 0.717) is 24.7 Å². The highest BCUT2D eigenvalue weighted by Crippen LogP contribution is 2.35. The first kappa shape index (κ1) is 36.9. The second-order valence-electron chi connectivity index (χ2n) is 15.9. The summed E-state index contributed by atoms with van der Waals surface area (Å²) in [6, 6.07) is 3.87. The van der Waals surface area contributed by atoms with Crippen molar-refractivity contribution >= 4 is 40.3 Å². The van der Waals surface area contributed by atoms with E-state index in [9.17, 15) is 24.0 Å². The Bertz CT molecular complexity index is 1610. The molecule has 1 saturated heterocycles. The van der Waals surface area contributed by atoms with Crippen LogP contribution < -0.4 is 30.7 Å². The molecular formula is C37H52N6O7. The van der Waals surface area contributed by atoms with Gasteiger partial charge >= 0.3 is 6.03 Å². The van der Waals surface area contributed by atoms with E-state index in [-0.39, 0.29) is 24.9 Å². The predicted octanol–water partition coefficient (Wildman–Crippen LogP) is 3.63. The molecule has 1 unspecified atom stereocenters. The molecule has 1 aromatic heterocycles. The number of Topliss-reactive ketones (excluding diaryl/α,β-unsaturated/α-hetero) is 1. The summed E-state index contributed by atoms with van der Waals surface area (Å²) in [6.07, 6.45) is 4.95. The van der Waals surface area contributed by atoms with Gasteiger partial charge in [-0.3, -0.25) is 19.2 Å². The van der Waals surface area contributed by atoms with Gasteiger partial charge in [-0.15, -0.1) is 0 Å². The van der Waals surface area contributed by atoms with Gasteiger partial charge < -0.3 is 35.6 Å². The number of pyridine rings is 1. The van der Waals surface area contributed by atoms with Crippen molar-refractivity contribution in [1.82, 2.24) is 31.2 Å². The second kappa shape index (κ2) is 14.8. The van der Waals surface area contributed by atoms with E-state index < -0.39 is 64.7 Å². The van der Waals surface area contributed by atoms with Crippen molar-refractivity contribution < 1.29 is 33.4 Å². The fraction of sp³-hybridized carbons (Fsp3) is 0.622. The molecule has 50 heavy (non-hydrogen) atoms. The van der Waals surface area contributed by atoms with E-state index in [0.717, 1.165) is 36.5 Å². The zero-order valence-corrected chi connectivity index (χ0v) is 30.3. The van der Waals surface area contributed by atoms with Crippen LogP contribution in [0.4, 0.5) is 4.79 Å². The number of amides is 5. The molecule has 272 valence electrons. The Kier molecular flexibility index (Phi) is 10.9. The summed E-state index contributed by atoms with van der Waals surface area (Å²) >= 11 is 0. The number of nitrogens with zero attached hydrogens (tertiary/aromatic N) is 2. The van der Waals surface area contributed by atoms with E-state index in [4.69, 9.17) is 9.47 Å². The van der Waals surface area contributed by atoms with Gasteiger partial charge in [0.2, 0.25) is 23.5 Å². The van der Waals surface area contributed by atoms with Crippen molar-refractivity contribution in [2.24, 2.45) is 11.3 Å². The van der Waals surface area contributed by atoms with Crippen LogP contribution in [0.1, 0.15) is 87.0 Å². The van der Waals surface area contributed by atoms with Gasteiger partial charge in [-0.2, -0.15) is 0 Å². The van der Waals surface area contributed by atoms with E-state index >= 15 is 0 Å². The van der Waals surface area contributed by atoms with Gasteiger partial charge in [0.05, 0.1) is 19.2 Å². The standard InChI is InChI=1S/C37H52N6O7/c1-8-49-24-13-14-26-22(18-24)15-16-38-33(26)50-25-19-28(31(45)40-27(17-21-9-10-21)29(44)32(46)39-23-11-12-23)43(20-25)34(47)30(36(2,3)4)41-35(48)42-37(5,6)7/h13-16,18,21,23,25,27-28,30H,8-12,17,19-20H2,1-7H3,(H,39,46)(H,40,45)(H2,41,42,48)/t25-,27+,28+,30?/m1/s1. The molecule has 4 atom stereocenters. The topological polar surface area (TPSA) is 168 Å². The van der Waals surface area contributed by atoms with E-state index in [1.54, 1.807) is 6.20 Å². The lowest BCUT2D eigenvalue weighted by molar-refractivity contribution is -0.144. The number of rotatable bonds is 13. The molecule has 2 heterocycles. The minimum absolute atomic E-state index is 0.00432. The molecule has 0 radical (unpaired) electrons. The third-order valence-corrected chi connectivity index (χ3v) is 9.05. The van der Waals surface area contributed by atoms with E-state index in [1.165, 1.54) is 4.90 Å². The third kappa shape index (κ3) is 9.63. The van der Waals surface area contributed by atoms with Crippen LogP contribution >= 0.6 is 0 Å². The fourth-order valence-corrected chi connectivity index (χ4v) is 6.16. The lowest BCUT2D eigenvalue weighted by atomic mass is 9.85. The summed E-state index contributed by atoms with van der Waals surface area (Å²) in [4.78, 5) is 73.6. The van der Waals surface area contributed by atoms with Gasteiger partial charge in [0.1, 0.15) is 23.9 Å². The largest absolute Gasteiger partial charge is 0.494 e. The van der Waals surface area contributed by atoms with Crippen molar-refractivity contribution in [3.8, 4) is 11.6 Å². The Morgan fingerprint density at radius 3 is 2.32 bits per heavy atom. The number of ether oxygens (including phenoxy) is 2. The summed E-state index contributed by atoms with van der Waals surface area (Å²) < 4.78 is 12.1. The molecule has 2 saturated carbocycles. The first-order valence-electron chi connectivity index (χ1n) is 17.7. The number of ketones is 1. The highest BCUT2D eigenvalue weighted by atomic mass is 16.5. The molecule has 3 fully saturated rings. The molecule has 3 aliphatic rings. The van der Waals surface area contributed by atoms with Crippen LogP contribution in [0.2, 0.25) is 0 Å². The molecule has 0 spiro atoms. The number of nitrogens with one attached hydrogen (secondary N) is 4. The Morgan fingerprint density at radius 2 is 1.70 bits per heavy atom. The fourth-order valence-electron chi connectivity index (χ4n) is 6.16. The van der Waals surface area contributed by atoms with Crippen LogP contribution in [0, 0.1) is 11.3 Å². The van der Waals surface area contributed by atoms with Crippen molar-refractivity contribution in [2.75, 3.05) is 13.2 Å². The number of carbonyl (C=O) groups is 5. The maximum Gasteiger partial charge on any atom is 0.315 e. The highest BCUT2D eigenvalue weighted by Gasteiger charge is 2.47. The molecule has 13 heteroatoms. The van der Waals surface area contributed by atoms with E-state index in [2.05, 4.69) is 26.3 Å². The van der Waals surface area contributed by atoms with Gasteiger partial charge in [-0.05, 0) is 87.9 Å². The Balaban J connectivity index is 1.41. The summed E-state index contributed by atoms with van der Waals surface area (Å²) in [7, 11) is 0. The number of hydrogen-bond acceptors (Lipinski definition) is 8. The minimum atomic E-state index is -1.04. The number of likely N-dealkylation sites (tertiary alicyclic amines) is 1. The number of aromatic nitrogens is 1. The Labute approximate surface area is 294 Å². The first-order chi connectivity index (χ1) is 23.5. The molecular weight excluding hydrogens is 640 g/mol. The Morgan fingerprint density at radius 1 is 0.980 bits per heavy atom. The van der Waals surface area contributed by atoms with Gasteiger partial charge in [-0.1, -0.05) is 33.6 Å². The SMILES string of the molecule is CCOc1ccc2c(O[C@@H]3C[C@@H](C(=O)N[C@@H](CC4CC4)C(=O)C(=O)NC4CC4)N(C(=O)C(NC(=O)NC(C)(C)C)C(C)(C)C)C3)nccc2c1. The average Bonchev–Trinajstić information content (AvgIpc) is 3.97. The molecule has 4 N–H and O–H groups in total. The predicted molar refractivity (Wildman–Crippen MR) is 188 cm³/mol. The van der Waals surface area contributed by atoms with Crippen molar-refractivity contribution in [2.45, 2.75) is 123 Å². The van der Waals surface area contributed by atoms with Crippen LogP contribution in [-0.4, -0.2) is 88.4 Å². The van der Waals surface area contributed by atoms with Crippen LogP contribution in [0.5, 0.6) is 11.6 Å². The maximum absolute atomic E-state index is 14.4. The van der Waals surface area contributed by atoms with Crippen LogP contribution in [0.25, 0.3) is 10.8 Å². The highest BCUT2D eigenvalue weighted by molar-refractivity contribution is 6.38. The molecule has 5 amide bonds. The summed E-state index contributed by atoms with van der Waals surface area (Å²) in [5, 5.41) is 12.9. The first-order valence-corrected chi connectivity index (χ1v) is 17.7. The second-order valence-corrected chi connectivity index (χ2v) is 15.9. The number of fused-ring (bicyclic) bond motifs is 1. The molecule has 13 nitrogen and oxygen atoms in total. The van der Waals surface area contributed by atoms with Crippen molar-refractivity contribution in [1.29, 1.82) is 0 Å². The van der Waals surface area contributed by atoms with Crippen LogP contribution in [0.15, 0.2) is 30.5 Å². The zero-order valence-electron chi connectivity index (χ0n) is 30.3. The van der Waals surface area contributed by atoms with Crippen LogP contribution in [0.3, 0.4) is 0 Å². The van der Waals surface area contributed by atoms with Crippen molar-refractivity contribution in [3.05, 3.63) is 30.5 Å². The number of hydrogen-bond donors (Lipinski definition) is 4. The molecule has 5 rings (SSSR count). The van der Waals surface area contributed by atoms with E-state index in [1.807, 2.05) is 72.7 Å². The van der Waals surface area contributed by atoms with Gasteiger partial charge in [-0.25, -0.2) is 9.78 Å². The smallest absolute Gasteiger partial charge is 0.315 e. The monoisotopic (exact) mass is 692 g/mol. The minimum Gasteiger partial charge on any atom is -0.494 e. The lowest BCUT2D eigenvalue weighted by Crippen LogP contribution is -2.61. The van der Waals surface area contributed by atoms with Crippen LogP contribution in [-0.2, 0) is 19.2 Å². The number of carbonyl (C=O) groups excluding carboxylic acids is 5. The maximum atomic E-state index is 14.4. The molecule has 0 bridgehead atoms. The zero-order chi connectivity index (χ0) is 36.4. The molecule has 1 aromatic carbocycles. The quantitative estimate of drug-likeness (QED) is 0.231. The number of urea groups is 1.